The molecule has 0 spiro atoms. The van der Waals surface area contributed by atoms with Crippen molar-refractivity contribution in [3.63, 3.8) is 0 Å². The Balaban J connectivity index is 1.67. The lowest BCUT2D eigenvalue weighted by molar-refractivity contribution is 0.101. The number of hydrogen-bond donors (Lipinski definition) is 2. The van der Waals surface area contributed by atoms with E-state index in [0.717, 1.165) is 12.0 Å². The maximum Gasteiger partial charge on any atom is 0.276 e. The summed E-state index contributed by atoms with van der Waals surface area (Å²) in [7, 11) is 0. The minimum Gasteiger partial charge on any atom is -0.288 e. The molecule has 0 aliphatic rings. The normalized spacial score (nSPS) is 10.8. The van der Waals surface area contributed by atoms with Gasteiger partial charge in [0.15, 0.2) is 0 Å². The van der Waals surface area contributed by atoms with E-state index in [1.165, 1.54) is 12.1 Å². The van der Waals surface area contributed by atoms with Crippen LogP contribution in [0.5, 0.6) is 0 Å². The number of nitrogens with one attached hydrogen (secondary N) is 2. The molecule has 7 nitrogen and oxygen atoms in total. The van der Waals surface area contributed by atoms with Crippen LogP contribution in [0.2, 0.25) is 0 Å². The molecule has 0 saturated heterocycles. The van der Waals surface area contributed by atoms with Crippen LogP contribution >= 0.6 is 0 Å². The van der Waals surface area contributed by atoms with Crippen LogP contribution in [0.25, 0.3) is 0 Å². The lowest BCUT2D eigenvalue weighted by Crippen LogP contribution is -2.18. The molecule has 2 N–H and O–H groups in total. The molecule has 0 fully saturated rings. The Labute approximate surface area is 137 Å². The number of anilines is 1. The minimum atomic E-state index is -0.322. The van der Waals surface area contributed by atoms with Crippen LogP contribution in [-0.2, 0) is 13.0 Å². The molecule has 8 heteroatoms. The predicted molar refractivity (Wildman–Crippen MR) is 86.1 cm³/mol. The Hall–Kier alpha value is -3.03. The van der Waals surface area contributed by atoms with Gasteiger partial charge in [-0.2, -0.15) is 10.1 Å². The van der Waals surface area contributed by atoms with E-state index in [-0.39, 0.29) is 17.7 Å². The van der Waals surface area contributed by atoms with Crippen LogP contribution in [0.15, 0.2) is 36.5 Å². The first-order valence-electron chi connectivity index (χ1n) is 7.64. The summed E-state index contributed by atoms with van der Waals surface area (Å²) in [5.41, 5.74) is 1.22. The average molecular weight is 328 g/mol. The summed E-state index contributed by atoms with van der Waals surface area (Å²) in [6, 6.07) is 7.90. The molecule has 0 aliphatic carbocycles. The van der Waals surface area contributed by atoms with Crippen molar-refractivity contribution in [2.45, 2.75) is 26.3 Å². The van der Waals surface area contributed by atoms with Crippen molar-refractivity contribution in [3.8, 4) is 0 Å². The molecule has 2 aromatic heterocycles. The lowest BCUT2D eigenvalue weighted by Gasteiger charge is -2.04. The van der Waals surface area contributed by atoms with Gasteiger partial charge in [-0.3, -0.25) is 19.9 Å². The van der Waals surface area contributed by atoms with Gasteiger partial charge in [0, 0.05) is 19.2 Å². The molecule has 0 unspecified atom stereocenters. The van der Waals surface area contributed by atoms with Crippen molar-refractivity contribution >= 4 is 11.9 Å². The first-order chi connectivity index (χ1) is 11.7. The third kappa shape index (κ3) is 3.65. The highest BCUT2D eigenvalue weighted by atomic mass is 19.1. The van der Waals surface area contributed by atoms with Gasteiger partial charge in [-0.15, -0.1) is 5.10 Å². The quantitative estimate of drug-likeness (QED) is 0.727. The van der Waals surface area contributed by atoms with Gasteiger partial charge in [0.25, 0.3) is 5.91 Å². The smallest absolute Gasteiger partial charge is 0.276 e. The Morgan fingerprint density at radius 1 is 1.38 bits per heavy atom. The molecule has 24 heavy (non-hydrogen) atoms. The second-order valence-corrected chi connectivity index (χ2v) is 5.31. The number of carbonyl (C=O) groups excluding carboxylic acids is 1. The van der Waals surface area contributed by atoms with E-state index < -0.39 is 0 Å². The molecule has 0 atom stereocenters. The fourth-order valence-corrected chi connectivity index (χ4v) is 2.35. The van der Waals surface area contributed by atoms with Gasteiger partial charge in [0.2, 0.25) is 5.95 Å². The van der Waals surface area contributed by atoms with Gasteiger partial charge in [-0.1, -0.05) is 19.1 Å². The second-order valence-electron chi connectivity index (χ2n) is 5.31. The summed E-state index contributed by atoms with van der Waals surface area (Å²) >= 11 is 0. The molecule has 0 bridgehead atoms. The molecule has 0 radical (unpaired) electrons. The zero-order valence-corrected chi connectivity index (χ0v) is 13.2. The van der Waals surface area contributed by atoms with Crippen molar-refractivity contribution in [1.29, 1.82) is 0 Å². The summed E-state index contributed by atoms with van der Waals surface area (Å²) in [4.78, 5) is 16.5. The van der Waals surface area contributed by atoms with Gasteiger partial charge in [-0.25, -0.2) is 4.39 Å². The second kappa shape index (κ2) is 7.03. The van der Waals surface area contributed by atoms with E-state index >= 15 is 0 Å². The van der Waals surface area contributed by atoms with E-state index in [2.05, 4.69) is 25.6 Å². The highest BCUT2D eigenvalue weighted by molar-refractivity contribution is 6.01. The van der Waals surface area contributed by atoms with E-state index in [9.17, 15) is 9.18 Å². The number of aromatic amines is 1. The van der Waals surface area contributed by atoms with Crippen molar-refractivity contribution in [3.05, 3.63) is 59.4 Å². The molecular weight excluding hydrogens is 311 g/mol. The van der Waals surface area contributed by atoms with E-state index in [1.807, 2.05) is 6.92 Å². The van der Waals surface area contributed by atoms with Crippen molar-refractivity contribution < 1.29 is 9.18 Å². The third-order valence-corrected chi connectivity index (χ3v) is 3.40. The number of hydrogen-bond acceptors (Lipinski definition) is 4. The number of carbonyl (C=O) groups is 1. The molecule has 1 aromatic carbocycles. The Morgan fingerprint density at radius 2 is 2.25 bits per heavy atom. The van der Waals surface area contributed by atoms with Gasteiger partial charge in [0.1, 0.15) is 17.3 Å². The minimum absolute atomic E-state index is 0.177. The molecule has 0 aliphatic heterocycles. The summed E-state index contributed by atoms with van der Waals surface area (Å²) in [5.74, 6) is 0.0931. The van der Waals surface area contributed by atoms with Gasteiger partial charge < -0.3 is 0 Å². The molecule has 124 valence electrons. The Kier molecular flexibility index (Phi) is 4.64. The largest absolute Gasteiger partial charge is 0.288 e. The first-order valence-corrected chi connectivity index (χ1v) is 7.64. The summed E-state index contributed by atoms with van der Waals surface area (Å²) in [6.07, 6.45) is 2.85. The predicted octanol–water partition coefficient (Wildman–Crippen LogP) is 2.39. The first kappa shape index (κ1) is 15.9. The average Bonchev–Trinajstić information content (AvgIpc) is 3.17. The van der Waals surface area contributed by atoms with Crippen molar-refractivity contribution in [1.82, 2.24) is 25.0 Å². The topological polar surface area (TPSA) is 88.5 Å². The van der Waals surface area contributed by atoms with E-state index in [1.54, 1.807) is 29.1 Å². The van der Waals surface area contributed by atoms with E-state index in [4.69, 9.17) is 0 Å². The Bertz CT molecular complexity index is 840. The summed E-state index contributed by atoms with van der Waals surface area (Å²) in [6.45, 7) is 2.67. The highest BCUT2D eigenvalue weighted by Crippen LogP contribution is 2.10. The maximum absolute atomic E-state index is 13.2. The third-order valence-electron chi connectivity index (χ3n) is 3.40. The maximum atomic E-state index is 13.2. The van der Waals surface area contributed by atoms with Crippen LogP contribution in [0.3, 0.4) is 0 Å². The SMILES string of the molecule is CCCn1nccc1C(=O)Nc1n[nH]c(Cc2cccc(F)c2)n1. The van der Waals surface area contributed by atoms with Gasteiger partial charge in [0.05, 0.1) is 0 Å². The summed E-state index contributed by atoms with van der Waals surface area (Å²) < 4.78 is 14.8. The number of H-pyrrole nitrogens is 1. The van der Waals surface area contributed by atoms with Crippen LogP contribution in [0, 0.1) is 5.82 Å². The lowest BCUT2D eigenvalue weighted by atomic mass is 10.1. The standard InChI is InChI=1S/C16H17FN6O/c1-2-8-23-13(6-7-18-23)15(24)20-16-19-14(21-22-16)10-11-4-3-5-12(17)9-11/h3-7,9H,2,8,10H2,1H3,(H2,19,20,21,22,24). The highest BCUT2D eigenvalue weighted by Gasteiger charge is 2.14. The number of aryl methyl sites for hydroxylation is 1. The zero-order chi connectivity index (χ0) is 16.9. The van der Waals surface area contributed by atoms with Crippen LogP contribution in [0.4, 0.5) is 10.3 Å². The molecule has 2 heterocycles. The molecule has 1 amide bonds. The number of rotatable bonds is 6. The monoisotopic (exact) mass is 328 g/mol. The number of aromatic nitrogens is 5. The number of amides is 1. The summed E-state index contributed by atoms with van der Waals surface area (Å²) in [5, 5.41) is 13.5. The molecular formula is C16H17FN6O. The number of halogens is 1. The fourth-order valence-electron chi connectivity index (χ4n) is 2.35. The number of nitrogens with zero attached hydrogens (tertiary/aromatic N) is 4. The molecule has 3 aromatic rings. The van der Waals surface area contributed by atoms with Crippen LogP contribution in [0.1, 0.15) is 35.2 Å². The van der Waals surface area contributed by atoms with Gasteiger partial charge >= 0.3 is 0 Å². The fraction of sp³-hybridized carbons (Fsp3) is 0.250. The Morgan fingerprint density at radius 3 is 3.04 bits per heavy atom. The van der Waals surface area contributed by atoms with Crippen LogP contribution in [-0.4, -0.2) is 30.9 Å². The van der Waals surface area contributed by atoms with Crippen molar-refractivity contribution in [2.75, 3.05) is 5.32 Å². The van der Waals surface area contributed by atoms with Crippen LogP contribution < -0.4 is 5.32 Å². The zero-order valence-electron chi connectivity index (χ0n) is 13.2. The number of benzene rings is 1. The molecule has 0 saturated carbocycles. The van der Waals surface area contributed by atoms with Gasteiger partial charge in [-0.05, 0) is 30.2 Å². The van der Waals surface area contributed by atoms with E-state index in [0.29, 0.717) is 24.5 Å². The molecule has 3 rings (SSSR count). The van der Waals surface area contributed by atoms with Crippen molar-refractivity contribution in [2.24, 2.45) is 0 Å².